The van der Waals surface area contributed by atoms with E-state index in [0.29, 0.717) is 12.8 Å². The molecule has 0 aromatic rings. The van der Waals surface area contributed by atoms with Crippen molar-refractivity contribution in [1.29, 1.82) is 0 Å². The summed E-state index contributed by atoms with van der Waals surface area (Å²) in [5.41, 5.74) is 0. The van der Waals surface area contributed by atoms with Crippen molar-refractivity contribution in [2.75, 3.05) is 6.61 Å². The topological polar surface area (TPSA) is 110 Å². The molecule has 330 valence electrons. The van der Waals surface area contributed by atoms with Crippen molar-refractivity contribution in [3.05, 3.63) is 0 Å². The molecule has 0 rings (SSSR count). The Hall–Kier alpha value is -0.690. The Kier molecular flexibility index (Phi) is 43.9. The number of nitrogens with one attached hydrogen (secondary N) is 1. The van der Waals surface area contributed by atoms with E-state index in [1.165, 1.54) is 212 Å². The van der Waals surface area contributed by atoms with Crippen molar-refractivity contribution in [3.63, 3.8) is 0 Å². The molecular weight excluding hydrogens is 683 g/mol. The molecule has 0 saturated carbocycles. The largest absolute Gasteiger partial charge is 0.394 e. The molecule has 0 aliphatic carbocycles. The van der Waals surface area contributed by atoms with Gasteiger partial charge in [0, 0.05) is 0 Å². The lowest BCUT2D eigenvalue weighted by Crippen LogP contribution is -2.53. The lowest BCUT2D eigenvalue weighted by Gasteiger charge is -2.27. The number of hydrogen-bond donors (Lipinski definition) is 5. The van der Waals surface area contributed by atoms with Crippen molar-refractivity contribution in [3.8, 4) is 0 Å². The second-order valence-corrected chi connectivity index (χ2v) is 17.5. The highest BCUT2D eigenvalue weighted by Crippen LogP contribution is 2.18. The zero-order valence-corrected chi connectivity index (χ0v) is 37.2. The number of carbonyl (C=O) groups is 1. The number of rotatable bonds is 46. The van der Waals surface area contributed by atoms with Crippen molar-refractivity contribution in [2.45, 2.75) is 301 Å². The lowest BCUT2D eigenvalue weighted by molar-refractivity contribution is -0.132. The summed E-state index contributed by atoms with van der Waals surface area (Å²) in [6, 6.07) is -0.978. The Balaban J connectivity index is 3.56. The van der Waals surface area contributed by atoms with Gasteiger partial charge in [-0.3, -0.25) is 4.79 Å². The molecule has 0 heterocycles. The average molecular weight is 782 g/mol. The van der Waals surface area contributed by atoms with Gasteiger partial charge >= 0.3 is 0 Å². The molecule has 0 bridgehead atoms. The minimum absolute atomic E-state index is 0.376. The standard InChI is InChI=1S/C49H99NO5/c1-3-5-7-9-11-13-15-17-18-19-20-21-22-23-24-25-26-27-28-29-30-31-33-35-37-39-41-43-47(53)49(55)50-45(44-51)48(54)46(52)42-40-38-36-34-32-16-14-12-10-8-6-4-2/h45-48,51-54H,3-44H2,1-2H3,(H,50,55)/t45-,46?,47?,48+/m1/s1. The molecule has 0 radical (unpaired) electrons. The molecule has 1 amide bonds. The van der Waals surface area contributed by atoms with Crippen LogP contribution in [0.5, 0.6) is 0 Å². The maximum Gasteiger partial charge on any atom is 0.249 e. The van der Waals surface area contributed by atoms with Crippen LogP contribution in [0.2, 0.25) is 0 Å². The van der Waals surface area contributed by atoms with Crippen LogP contribution >= 0.6 is 0 Å². The molecule has 5 N–H and O–H groups in total. The molecule has 0 aliphatic heterocycles. The maximum atomic E-state index is 12.5. The molecule has 6 nitrogen and oxygen atoms in total. The van der Waals surface area contributed by atoms with Gasteiger partial charge in [-0.25, -0.2) is 0 Å². The highest BCUT2D eigenvalue weighted by atomic mass is 16.3. The van der Waals surface area contributed by atoms with E-state index in [0.717, 1.165) is 38.5 Å². The average Bonchev–Trinajstić information content (AvgIpc) is 3.19. The van der Waals surface area contributed by atoms with Crippen molar-refractivity contribution < 1.29 is 25.2 Å². The molecule has 2 unspecified atom stereocenters. The SMILES string of the molecule is CCCCCCCCCCCCCCCCCCCCCCCCCCCCCC(O)C(=O)N[C@H](CO)[C@H](O)C(O)CCCCCCCCCCCCCC. The van der Waals surface area contributed by atoms with Crippen molar-refractivity contribution in [1.82, 2.24) is 5.32 Å². The summed E-state index contributed by atoms with van der Waals surface area (Å²) in [6.45, 7) is 4.07. The van der Waals surface area contributed by atoms with Crippen LogP contribution in [0, 0.1) is 0 Å². The van der Waals surface area contributed by atoms with Gasteiger partial charge in [-0.15, -0.1) is 0 Å². The second kappa shape index (κ2) is 44.4. The second-order valence-electron chi connectivity index (χ2n) is 17.5. The van der Waals surface area contributed by atoms with Crippen LogP contribution in [0.4, 0.5) is 0 Å². The number of aliphatic hydroxyl groups is 4. The summed E-state index contributed by atoms with van der Waals surface area (Å²) in [5, 5.41) is 43.7. The Morgan fingerprint density at radius 1 is 0.382 bits per heavy atom. The Labute approximate surface area is 343 Å². The molecule has 0 aromatic heterocycles. The lowest BCUT2D eigenvalue weighted by atomic mass is 9.99. The summed E-state index contributed by atoms with van der Waals surface area (Å²) < 4.78 is 0. The summed E-state index contributed by atoms with van der Waals surface area (Å²) in [7, 11) is 0. The minimum Gasteiger partial charge on any atom is -0.394 e. The number of aliphatic hydroxyl groups excluding tert-OH is 4. The first kappa shape index (κ1) is 54.3. The van der Waals surface area contributed by atoms with Crippen LogP contribution in [0.15, 0.2) is 0 Å². The zero-order chi connectivity index (χ0) is 40.3. The van der Waals surface area contributed by atoms with Gasteiger partial charge in [-0.2, -0.15) is 0 Å². The van der Waals surface area contributed by atoms with E-state index in [9.17, 15) is 25.2 Å². The molecule has 0 aromatic carbocycles. The van der Waals surface area contributed by atoms with E-state index in [-0.39, 0.29) is 0 Å². The minimum atomic E-state index is -1.25. The first-order valence-corrected chi connectivity index (χ1v) is 24.9. The molecule has 0 fully saturated rings. The first-order valence-electron chi connectivity index (χ1n) is 24.9. The fourth-order valence-corrected chi connectivity index (χ4v) is 8.11. The number of amides is 1. The van der Waals surface area contributed by atoms with Crippen LogP contribution in [0.3, 0.4) is 0 Å². The van der Waals surface area contributed by atoms with Crippen LogP contribution in [0.1, 0.15) is 277 Å². The Morgan fingerprint density at radius 2 is 0.618 bits per heavy atom. The van der Waals surface area contributed by atoms with E-state index in [2.05, 4.69) is 19.2 Å². The van der Waals surface area contributed by atoms with Crippen LogP contribution in [-0.4, -0.2) is 57.3 Å². The summed E-state index contributed by atoms with van der Waals surface area (Å²) >= 11 is 0. The monoisotopic (exact) mass is 782 g/mol. The quantitative estimate of drug-likeness (QED) is 0.0395. The smallest absolute Gasteiger partial charge is 0.249 e. The molecule has 0 spiro atoms. The molecule has 4 atom stereocenters. The Bertz CT molecular complexity index is 751. The third-order valence-electron chi connectivity index (χ3n) is 12.1. The summed E-state index contributed by atoms with van der Waals surface area (Å²) in [6.07, 6.45) is 48.7. The van der Waals surface area contributed by atoms with Gasteiger partial charge in [-0.1, -0.05) is 264 Å². The van der Waals surface area contributed by atoms with Gasteiger partial charge in [0.1, 0.15) is 12.2 Å². The number of carbonyl (C=O) groups excluding carboxylic acids is 1. The predicted molar refractivity (Wildman–Crippen MR) is 238 cm³/mol. The highest BCUT2D eigenvalue weighted by Gasteiger charge is 2.28. The zero-order valence-electron chi connectivity index (χ0n) is 37.2. The molecule has 55 heavy (non-hydrogen) atoms. The summed E-state index contributed by atoms with van der Waals surface area (Å²) in [5.74, 6) is -0.578. The van der Waals surface area contributed by atoms with Gasteiger partial charge in [0.2, 0.25) is 5.91 Å². The normalized spacial score (nSPS) is 13.9. The van der Waals surface area contributed by atoms with Gasteiger partial charge < -0.3 is 25.7 Å². The predicted octanol–water partition coefficient (Wildman–Crippen LogP) is 13.6. The van der Waals surface area contributed by atoms with Gasteiger partial charge in [-0.05, 0) is 12.8 Å². The van der Waals surface area contributed by atoms with E-state index in [4.69, 9.17) is 0 Å². The first-order chi connectivity index (χ1) is 27.0. The number of unbranched alkanes of at least 4 members (excludes halogenated alkanes) is 37. The van der Waals surface area contributed by atoms with E-state index in [1.54, 1.807) is 0 Å². The summed E-state index contributed by atoms with van der Waals surface area (Å²) in [4.78, 5) is 12.5. The van der Waals surface area contributed by atoms with Gasteiger partial charge in [0.05, 0.1) is 18.8 Å². The number of hydrogen-bond acceptors (Lipinski definition) is 5. The van der Waals surface area contributed by atoms with Gasteiger partial charge in [0.15, 0.2) is 0 Å². The molecular formula is C49H99NO5. The molecule has 6 heteroatoms. The van der Waals surface area contributed by atoms with E-state index < -0.39 is 36.9 Å². The highest BCUT2D eigenvalue weighted by molar-refractivity contribution is 5.80. The molecule has 0 aliphatic rings. The van der Waals surface area contributed by atoms with Crippen LogP contribution < -0.4 is 5.32 Å². The van der Waals surface area contributed by atoms with Crippen molar-refractivity contribution >= 4 is 5.91 Å². The maximum absolute atomic E-state index is 12.5. The van der Waals surface area contributed by atoms with Crippen LogP contribution in [-0.2, 0) is 4.79 Å². The van der Waals surface area contributed by atoms with E-state index in [1.807, 2.05) is 0 Å². The third kappa shape index (κ3) is 38.6. The van der Waals surface area contributed by atoms with Gasteiger partial charge in [0.25, 0.3) is 0 Å². The van der Waals surface area contributed by atoms with Crippen molar-refractivity contribution in [2.24, 2.45) is 0 Å². The van der Waals surface area contributed by atoms with Crippen LogP contribution in [0.25, 0.3) is 0 Å². The fourth-order valence-electron chi connectivity index (χ4n) is 8.11. The Morgan fingerprint density at radius 3 is 0.873 bits per heavy atom. The fraction of sp³-hybridized carbons (Fsp3) is 0.980. The third-order valence-corrected chi connectivity index (χ3v) is 12.1. The van der Waals surface area contributed by atoms with E-state index >= 15 is 0 Å². The molecule has 0 saturated heterocycles.